The summed E-state index contributed by atoms with van der Waals surface area (Å²) in [5, 5.41) is 6.28. The van der Waals surface area contributed by atoms with E-state index in [9.17, 15) is 4.79 Å². The first-order valence-electron chi connectivity index (χ1n) is 8.21. The molecule has 0 bridgehead atoms. The van der Waals surface area contributed by atoms with E-state index in [-0.39, 0.29) is 5.91 Å². The van der Waals surface area contributed by atoms with Crippen molar-refractivity contribution in [3.8, 4) is 11.5 Å². The molecule has 1 fully saturated rings. The molecule has 2 N–H and O–H groups in total. The van der Waals surface area contributed by atoms with Crippen LogP contribution in [0.3, 0.4) is 0 Å². The van der Waals surface area contributed by atoms with Crippen molar-refractivity contribution < 1.29 is 13.9 Å². The molecule has 0 spiro atoms. The van der Waals surface area contributed by atoms with Crippen molar-refractivity contribution in [3.63, 3.8) is 0 Å². The summed E-state index contributed by atoms with van der Waals surface area (Å²) in [4.78, 5) is 17.1. The summed E-state index contributed by atoms with van der Waals surface area (Å²) >= 11 is 0. The number of oxazole rings is 1. The lowest BCUT2D eigenvalue weighted by Gasteiger charge is -2.35. The quantitative estimate of drug-likeness (QED) is 0.847. The molecule has 0 radical (unpaired) electrons. The number of amides is 1. The van der Waals surface area contributed by atoms with Gasteiger partial charge in [0, 0.05) is 12.7 Å². The fourth-order valence-corrected chi connectivity index (χ4v) is 3.08. The molecule has 3 rings (SSSR count). The zero-order valence-electron chi connectivity index (χ0n) is 13.9. The lowest BCUT2D eigenvalue weighted by atomic mass is 9.78. The maximum Gasteiger partial charge on any atom is 0.228 e. The van der Waals surface area contributed by atoms with Crippen LogP contribution < -0.4 is 10.6 Å². The number of carbonyl (C=O) groups excluding carboxylic acids is 1. The lowest BCUT2D eigenvalue weighted by molar-refractivity contribution is -0.136. The van der Waals surface area contributed by atoms with Crippen LogP contribution in [0.2, 0.25) is 0 Å². The zero-order valence-corrected chi connectivity index (χ0v) is 13.9. The Morgan fingerprint density at radius 1 is 1.33 bits per heavy atom. The van der Waals surface area contributed by atoms with Crippen molar-refractivity contribution >= 4 is 5.91 Å². The first-order chi connectivity index (χ1) is 11.7. The van der Waals surface area contributed by atoms with Crippen LogP contribution in [0.15, 0.2) is 41.0 Å². The average Bonchev–Trinajstić information content (AvgIpc) is 3.10. The van der Waals surface area contributed by atoms with Crippen LogP contribution in [0.25, 0.3) is 11.5 Å². The Kier molecular flexibility index (Phi) is 5.27. The van der Waals surface area contributed by atoms with E-state index in [2.05, 4.69) is 15.6 Å². The van der Waals surface area contributed by atoms with E-state index < -0.39 is 5.41 Å². The van der Waals surface area contributed by atoms with E-state index in [1.807, 2.05) is 30.3 Å². The number of benzene rings is 1. The lowest BCUT2D eigenvalue weighted by Crippen LogP contribution is -2.50. The van der Waals surface area contributed by atoms with E-state index >= 15 is 0 Å². The topological polar surface area (TPSA) is 76.4 Å². The molecule has 2 aromatic rings. The van der Waals surface area contributed by atoms with Crippen LogP contribution in [-0.4, -0.2) is 37.7 Å². The van der Waals surface area contributed by atoms with Gasteiger partial charge in [-0.2, -0.15) is 0 Å². The summed E-state index contributed by atoms with van der Waals surface area (Å²) in [6, 6.07) is 9.70. The summed E-state index contributed by atoms with van der Waals surface area (Å²) in [6.07, 6.45) is 3.15. The highest BCUT2D eigenvalue weighted by Gasteiger charge is 2.39. The van der Waals surface area contributed by atoms with Crippen LogP contribution >= 0.6 is 0 Å². The van der Waals surface area contributed by atoms with E-state index in [1.54, 1.807) is 13.4 Å². The van der Waals surface area contributed by atoms with Gasteiger partial charge in [-0.3, -0.25) is 4.79 Å². The highest BCUT2D eigenvalue weighted by molar-refractivity contribution is 5.83. The summed E-state index contributed by atoms with van der Waals surface area (Å²) in [5.74, 6) is 0.587. The number of hydrogen-bond donors (Lipinski definition) is 2. The van der Waals surface area contributed by atoms with E-state index in [1.165, 1.54) is 0 Å². The number of nitrogens with zero attached hydrogens (tertiary/aromatic N) is 1. The number of rotatable bonds is 6. The second kappa shape index (κ2) is 7.59. The number of carbonyl (C=O) groups is 1. The molecule has 0 saturated carbocycles. The average molecular weight is 329 g/mol. The second-order valence-electron chi connectivity index (χ2n) is 6.16. The predicted molar refractivity (Wildman–Crippen MR) is 90.2 cm³/mol. The highest BCUT2D eigenvalue weighted by Crippen LogP contribution is 2.29. The zero-order chi connectivity index (χ0) is 16.8. The van der Waals surface area contributed by atoms with Crippen LogP contribution in [0.5, 0.6) is 0 Å². The third kappa shape index (κ3) is 3.66. The smallest absolute Gasteiger partial charge is 0.228 e. The van der Waals surface area contributed by atoms with E-state index in [0.717, 1.165) is 31.5 Å². The fraction of sp³-hybridized carbons (Fsp3) is 0.444. The molecule has 128 valence electrons. The van der Waals surface area contributed by atoms with Crippen molar-refractivity contribution in [1.29, 1.82) is 0 Å². The standard InChI is InChI=1S/C18H23N3O3/c1-23-13-18(7-9-19-10-8-18)17(22)20-11-15-12-24-16(21-15)14-5-3-2-4-6-14/h2-6,12,19H,7-11,13H2,1H3,(H,20,22). The summed E-state index contributed by atoms with van der Waals surface area (Å²) in [5.41, 5.74) is 1.18. The molecule has 6 heteroatoms. The second-order valence-corrected chi connectivity index (χ2v) is 6.16. The first-order valence-corrected chi connectivity index (χ1v) is 8.21. The Bertz CT molecular complexity index is 658. The monoisotopic (exact) mass is 329 g/mol. The Labute approximate surface area is 141 Å². The van der Waals surface area contributed by atoms with Gasteiger partial charge in [0.15, 0.2) is 0 Å². The molecule has 6 nitrogen and oxygen atoms in total. The Morgan fingerprint density at radius 3 is 2.79 bits per heavy atom. The van der Waals surface area contributed by atoms with Crippen LogP contribution in [0, 0.1) is 5.41 Å². The third-order valence-corrected chi connectivity index (χ3v) is 4.47. The predicted octanol–water partition coefficient (Wildman–Crippen LogP) is 1.97. The largest absolute Gasteiger partial charge is 0.444 e. The first kappa shape index (κ1) is 16.7. The van der Waals surface area contributed by atoms with Gasteiger partial charge >= 0.3 is 0 Å². The fourth-order valence-electron chi connectivity index (χ4n) is 3.08. The molecule has 1 saturated heterocycles. The molecule has 1 amide bonds. The van der Waals surface area contributed by atoms with Gasteiger partial charge in [0.1, 0.15) is 6.26 Å². The molecule has 1 aliphatic rings. The summed E-state index contributed by atoms with van der Waals surface area (Å²) < 4.78 is 10.8. The Hall–Kier alpha value is -2.18. The van der Waals surface area contributed by atoms with Crippen LogP contribution in [-0.2, 0) is 16.1 Å². The molecule has 2 heterocycles. The summed E-state index contributed by atoms with van der Waals surface area (Å²) in [6.45, 7) is 2.46. The van der Waals surface area contributed by atoms with Crippen molar-refractivity contribution in [3.05, 3.63) is 42.3 Å². The molecule has 1 aromatic carbocycles. The molecule has 0 aliphatic carbocycles. The molecular formula is C18H23N3O3. The van der Waals surface area contributed by atoms with Gasteiger partial charge in [-0.15, -0.1) is 0 Å². The number of nitrogens with one attached hydrogen (secondary N) is 2. The minimum Gasteiger partial charge on any atom is -0.444 e. The van der Waals surface area contributed by atoms with Crippen molar-refractivity contribution in [1.82, 2.24) is 15.6 Å². The number of methoxy groups -OCH3 is 1. The van der Waals surface area contributed by atoms with Gasteiger partial charge in [-0.1, -0.05) is 18.2 Å². The SMILES string of the molecule is COCC1(C(=O)NCc2coc(-c3ccccc3)n2)CCNCC1. The van der Waals surface area contributed by atoms with E-state index in [4.69, 9.17) is 9.15 Å². The summed E-state index contributed by atoms with van der Waals surface area (Å²) in [7, 11) is 1.64. The van der Waals surface area contributed by atoms with Gasteiger partial charge in [0.05, 0.1) is 24.3 Å². The number of aromatic nitrogens is 1. The normalized spacial score (nSPS) is 16.7. The maximum absolute atomic E-state index is 12.7. The van der Waals surface area contributed by atoms with Gasteiger partial charge in [0.2, 0.25) is 11.8 Å². The third-order valence-electron chi connectivity index (χ3n) is 4.47. The van der Waals surface area contributed by atoms with Crippen LogP contribution in [0.4, 0.5) is 0 Å². The number of piperidine rings is 1. The van der Waals surface area contributed by atoms with Gasteiger partial charge in [-0.25, -0.2) is 4.98 Å². The molecule has 1 aromatic heterocycles. The van der Waals surface area contributed by atoms with Crippen molar-refractivity contribution in [2.24, 2.45) is 5.41 Å². The van der Waals surface area contributed by atoms with E-state index in [0.29, 0.717) is 24.7 Å². The minimum atomic E-state index is -0.452. The maximum atomic E-state index is 12.7. The molecule has 0 unspecified atom stereocenters. The number of hydrogen-bond acceptors (Lipinski definition) is 5. The molecule has 24 heavy (non-hydrogen) atoms. The Balaban J connectivity index is 1.62. The van der Waals surface area contributed by atoms with Gasteiger partial charge in [0.25, 0.3) is 0 Å². The Morgan fingerprint density at radius 2 is 2.08 bits per heavy atom. The molecule has 0 atom stereocenters. The van der Waals surface area contributed by atoms with Gasteiger partial charge < -0.3 is 19.8 Å². The highest BCUT2D eigenvalue weighted by atomic mass is 16.5. The van der Waals surface area contributed by atoms with Crippen LogP contribution in [0.1, 0.15) is 18.5 Å². The van der Waals surface area contributed by atoms with Crippen molar-refractivity contribution in [2.75, 3.05) is 26.8 Å². The van der Waals surface area contributed by atoms with Gasteiger partial charge in [-0.05, 0) is 38.1 Å². The molecule has 1 aliphatic heterocycles. The van der Waals surface area contributed by atoms with Crippen molar-refractivity contribution in [2.45, 2.75) is 19.4 Å². The molecular weight excluding hydrogens is 306 g/mol. The minimum absolute atomic E-state index is 0.0233. The number of ether oxygens (including phenoxy) is 1.